The van der Waals surface area contributed by atoms with Crippen LogP contribution in [0.2, 0.25) is 0 Å². The second-order valence-corrected chi connectivity index (χ2v) is 6.00. The van der Waals surface area contributed by atoms with E-state index in [2.05, 4.69) is 40.6 Å². The van der Waals surface area contributed by atoms with Crippen LogP contribution in [-0.4, -0.2) is 49.8 Å². The van der Waals surface area contributed by atoms with Crippen LogP contribution >= 0.6 is 0 Å². The molecule has 0 aromatic heterocycles. The van der Waals surface area contributed by atoms with E-state index in [1.165, 1.54) is 5.56 Å². The fourth-order valence-corrected chi connectivity index (χ4v) is 2.99. The summed E-state index contributed by atoms with van der Waals surface area (Å²) in [4.78, 5) is 2.37. The van der Waals surface area contributed by atoms with Gasteiger partial charge < -0.3 is 10.1 Å². The molecular formula is C19H23N3O. The smallest absolute Gasteiger partial charge is 0.191 e. The molecule has 1 aliphatic heterocycles. The molecule has 1 aromatic rings. The van der Waals surface area contributed by atoms with Gasteiger partial charge in [0.25, 0.3) is 0 Å². The molecule has 0 atom stereocenters. The second-order valence-electron chi connectivity index (χ2n) is 6.00. The Hall–Kier alpha value is -1.93. The van der Waals surface area contributed by atoms with Crippen LogP contribution in [0.4, 0.5) is 0 Å². The molecule has 0 bridgehead atoms. The summed E-state index contributed by atoms with van der Waals surface area (Å²) in [7, 11) is 0. The first-order valence-electron chi connectivity index (χ1n) is 8.23. The standard InChI is InChI=1S/C19H23N3O/c20-16-19(23-15-14-22-12-10-21-11-13-22)8-6-18(7-9-19)17-4-2-1-3-5-17/h1-9,18,21H,10-15H2. The number of allylic oxidation sites excluding steroid dienone is 2. The molecule has 4 nitrogen and oxygen atoms in total. The first-order chi connectivity index (χ1) is 11.3. The van der Waals surface area contributed by atoms with E-state index in [4.69, 9.17) is 4.74 Å². The summed E-state index contributed by atoms with van der Waals surface area (Å²) < 4.78 is 5.91. The number of hydrogen-bond acceptors (Lipinski definition) is 4. The van der Waals surface area contributed by atoms with Gasteiger partial charge in [-0.25, -0.2) is 0 Å². The van der Waals surface area contributed by atoms with Gasteiger partial charge in [0.15, 0.2) is 5.60 Å². The first kappa shape index (κ1) is 15.9. The van der Waals surface area contributed by atoms with Crippen LogP contribution in [0, 0.1) is 11.3 Å². The van der Waals surface area contributed by atoms with Crippen molar-refractivity contribution in [3.63, 3.8) is 0 Å². The van der Waals surface area contributed by atoms with Crippen molar-refractivity contribution in [3.05, 3.63) is 60.2 Å². The van der Waals surface area contributed by atoms with E-state index in [0.29, 0.717) is 6.61 Å². The van der Waals surface area contributed by atoms with Crippen LogP contribution in [0.25, 0.3) is 0 Å². The van der Waals surface area contributed by atoms with Gasteiger partial charge in [-0.05, 0) is 17.7 Å². The molecule has 2 aliphatic rings. The van der Waals surface area contributed by atoms with Crippen LogP contribution in [0.5, 0.6) is 0 Å². The Morgan fingerprint density at radius 3 is 2.52 bits per heavy atom. The molecule has 1 heterocycles. The van der Waals surface area contributed by atoms with Crippen molar-refractivity contribution >= 4 is 0 Å². The number of hydrogen-bond donors (Lipinski definition) is 1. The monoisotopic (exact) mass is 309 g/mol. The summed E-state index contributed by atoms with van der Waals surface area (Å²) in [5, 5.41) is 12.9. The Balaban J connectivity index is 1.55. The predicted octanol–water partition coefficient (Wildman–Crippen LogP) is 2.08. The van der Waals surface area contributed by atoms with Gasteiger partial charge in [-0.2, -0.15) is 5.26 Å². The number of ether oxygens (including phenoxy) is 1. The van der Waals surface area contributed by atoms with E-state index in [1.807, 2.05) is 30.4 Å². The molecule has 0 spiro atoms. The van der Waals surface area contributed by atoms with Crippen molar-refractivity contribution in [3.8, 4) is 6.07 Å². The van der Waals surface area contributed by atoms with Gasteiger partial charge in [-0.3, -0.25) is 4.90 Å². The molecule has 0 saturated carbocycles. The van der Waals surface area contributed by atoms with Gasteiger partial charge in [0.1, 0.15) is 6.07 Å². The lowest BCUT2D eigenvalue weighted by Gasteiger charge is -2.29. The molecule has 1 aromatic carbocycles. The van der Waals surface area contributed by atoms with Gasteiger partial charge >= 0.3 is 0 Å². The summed E-state index contributed by atoms with van der Waals surface area (Å²) >= 11 is 0. The van der Waals surface area contributed by atoms with Crippen LogP contribution in [-0.2, 0) is 4.74 Å². The number of nitrogens with zero attached hydrogens (tertiary/aromatic N) is 2. The van der Waals surface area contributed by atoms with Crippen molar-refractivity contribution in [2.45, 2.75) is 11.5 Å². The highest BCUT2D eigenvalue weighted by Crippen LogP contribution is 2.28. The number of nitrogens with one attached hydrogen (secondary N) is 1. The normalized spacial score (nSPS) is 27.7. The van der Waals surface area contributed by atoms with Crippen LogP contribution in [0.3, 0.4) is 0 Å². The van der Waals surface area contributed by atoms with E-state index < -0.39 is 5.60 Å². The zero-order valence-electron chi connectivity index (χ0n) is 13.3. The Bertz CT molecular complexity index is 583. The lowest BCUT2D eigenvalue weighted by Crippen LogP contribution is -2.45. The summed E-state index contributed by atoms with van der Waals surface area (Å²) in [6.45, 7) is 5.59. The van der Waals surface area contributed by atoms with Gasteiger partial charge in [0.05, 0.1) is 6.61 Å². The SMILES string of the molecule is N#CC1(OCCN2CCNCC2)C=CC(c2ccccc2)C=C1. The average Bonchev–Trinajstić information content (AvgIpc) is 2.64. The van der Waals surface area contributed by atoms with E-state index in [0.717, 1.165) is 32.7 Å². The Labute approximate surface area is 138 Å². The van der Waals surface area contributed by atoms with Gasteiger partial charge in [0, 0.05) is 38.6 Å². The van der Waals surface area contributed by atoms with Crippen LogP contribution < -0.4 is 5.32 Å². The molecule has 1 saturated heterocycles. The van der Waals surface area contributed by atoms with Crippen molar-refractivity contribution in [1.29, 1.82) is 5.26 Å². The Morgan fingerprint density at radius 1 is 1.17 bits per heavy atom. The number of piperazine rings is 1. The van der Waals surface area contributed by atoms with E-state index in [9.17, 15) is 5.26 Å². The largest absolute Gasteiger partial charge is 0.352 e. The minimum absolute atomic E-state index is 0.217. The molecule has 0 amide bonds. The topological polar surface area (TPSA) is 48.3 Å². The second kappa shape index (κ2) is 7.56. The third kappa shape index (κ3) is 4.08. The van der Waals surface area contributed by atoms with Crippen molar-refractivity contribution in [2.75, 3.05) is 39.3 Å². The van der Waals surface area contributed by atoms with Crippen LogP contribution in [0.1, 0.15) is 11.5 Å². The summed E-state index contributed by atoms with van der Waals surface area (Å²) in [5.41, 5.74) is 0.312. The molecule has 4 heteroatoms. The zero-order chi connectivity index (χ0) is 16.0. The third-order valence-electron chi connectivity index (χ3n) is 4.42. The minimum Gasteiger partial charge on any atom is -0.352 e. The van der Waals surface area contributed by atoms with Crippen LogP contribution in [0.15, 0.2) is 54.6 Å². The van der Waals surface area contributed by atoms with Gasteiger partial charge in [-0.15, -0.1) is 0 Å². The fourth-order valence-electron chi connectivity index (χ4n) is 2.99. The molecule has 3 rings (SSSR count). The van der Waals surface area contributed by atoms with E-state index in [-0.39, 0.29) is 5.92 Å². The van der Waals surface area contributed by atoms with Crippen molar-refractivity contribution < 1.29 is 4.74 Å². The highest BCUT2D eigenvalue weighted by atomic mass is 16.5. The summed E-state index contributed by atoms with van der Waals surface area (Å²) in [6.07, 6.45) is 7.90. The highest BCUT2D eigenvalue weighted by molar-refractivity contribution is 5.39. The zero-order valence-corrected chi connectivity index (χ0v) is 13.3. The molecule has 120 valence electrons. The lowest BCUT2D eigenvalue weighted by atomic mass is 9.89. The number of rotatable bonds is 5. The predicted molar refractivity (Wildman–Crippen MR) is 91.1 cm³/mol. The number of nitriles is 1. The van der Waals surface area contributed by atoms with Gasteiger partial charge in [0.2, 0.25) is 0 Å². The summed E-state index contributed by atoms with van der Waals surface area (Å²) in [6, 6.07) is 12.6. The first-order valence-corrected chi connectivity index (χ1v) is 8.23. The molecule has 0 unspecified atom stereocenters. The van der Waals surface area contributed by atoms with Gasteiger partial charge in [-0.1, -0.05) is 42.5 Å². The number of benzene rings is 1. The van der Waals surface area contributed by atoms with E-state index >= 15 is 0 Å². The minimum atomic E-state index is -0.917. The Kier molecular flexibility index (Phi) is 5.24. The average molecular weight is 309 g/mol. The molecule has 23 heavy (non-hydrogen) atoms. The molecule has 1 N–H and O–H groups in total. The van der Waals surface area contributed by atoms with Crippen molar-refractivity contribution in [2.24, 2.45) is 0 Å². The lowest BCUT2D eigenvalue weighted by molar-refractivity contribution is 0.0457. The summed E-state index contributed by atoms with van der Waals surface area (Å²) in [5.74, 6) is 0.217. The fraction of sp³-hybridized carbons (Fsp3) is 0.421. The Morgan fingerprint density at radius 2 is 1.87 bits per heavy atom. The molecule has 1 aliphatic carbocycles. The molecule has 0 radical (unpaired) electrons. The third-order valence-corrected chi connectivity index (χ3v) is 4.42. The molecule has 1 fully saturated rings. The van der Waals surface area contributed by atoms with Crippen molar-refractivity contribution in [1.82, 2.24) is 10.2 Å². The van der Waals surface area contributed by atoms with E-state index in [1.54, 1.807) is 0 Å². The quantitative estimate of drug-likeness (QED) is 0.846. The highest BCUT2D eigenvalue weighted by Gasteiger charge is 2.28. The maximum atomic E-state index is 9.53. The maximum absolute atomic E-state index is 9.53. The maximum Gasteiger partial charge on any atom is 0.191 e. The molecular weight excluding hydrogens is 286 g/mol.